The van der Waals surface area contributed by atoms with Gasteiger partial charge < -0.3 is 14.8 Å². The number of benzene rings is 1. The summed E-state index contributed by atoms with van der Waals surface area (Å²) in [6, 6.07) is 7.74. The molecule has 0 fully saturated rings. The van der Waals surface area contributed by atoms with E-state index in [-0.39, 0.29) is 18.4 Å². The van der Waals surface area contributed by atoms with Gasteiger partial charge in [0, 0.05) is 12.2 Å². The second kappa shape index (κ2) is 10.5. The molecule has 3 rings (SSSR count). The van der Waals surface area contributed by atoms with E-state index < -0.39 is 0 Å². The van der Waals surface area contributed by atoms with Gasteiger partial charge in [-0.1, -0.05) is 17.8 Å². The van der Waals surface area contributed by atoms with Crippen molar-refractivity contribution in [2.75, 3.05) is 37.0 Å². The Morgan fingerprint density at radius 3 is 2.65 bits per heavy atom. The number of ether oxygens (including phenoxy) is 2. The highest BCUT2D eigenvalue weighted by Gasteiger charge is 2.29. The van der Waals surface area contributed by atoms with Crippen LogP contribution in [0.4, 0.5) is 5.69 Å². The molecule has 0 spiro atoms. The highest BCUT2D eigenvalue weighted by atomic mass is 32.2. The highest BCUT2D eigenvalue weighted by Crippen LogP contribution is 2.36. The van der Waals surface area contributed by atoms with Crippen LogP contribution in [0.15, 0.2) is 29.3 Å². The van der Waals surface area contributed by atoms with Crippen molar-refractivity contribution in [2.24, 2.45) is 0 Å². The Morgan fingerprint density at radius 2 is 1.90 bits per heavy atom. The van der Waals surface area contributed by atoms with Crippen LogP contribution in [0.2, 0.25) is 0 Å². The monoisotopic (exact) mass is 443 g/mol. The molecule has 2 heterocycles. The zero-order valence-corrected chi connectivity index (χ0v) is 19.3. The van der Waals surface area contributed by atoms with Crippen LogP contribution in [0.1, 0.15) is 30.7 Å². The molecule has 1 aromatic carbocycles. The van der Waals surface area contributed by atoms with Gasteiger partial charge in [0.2, 0.25) is 11.8 Å². The maximum atomic E-state index is 12.6. The lowest BCUT2D eigenvalue weighted by Gasteiger charge is -2.29. The van der Waals surface area contributed by atoms with E-state index in [4.69, 9.17) is 9.47 Å². The molecule has 7 nitrogen and oxygen atoms in total. The minimum atomic E-state index is -0.192. The summed E-state index contributed by atoms with van der Waals surface area (Å²) in [5, 5.41) is 3.73. The number of aromatic nitrogens is 1. The third-order valence-electron chi connectivity index (χ3n) is 4.83. The fraction of sp³-hybridized carbons (Fsp3) is 0.435. The van der Waals surface area contributed by atoms with Crippen molar-refractivity contribution in [1.82, 2.24) is 10.3 Å². The van der Waals surface area contributed by atoms with Gasteiger partial charge in [-0.15, -0.1) is 0 Å². The maximum absolute atomic E-state index is 12.6. The fourth-order valence-corrected chi connectivity index (χ4v) is 4.55. The standard InChI is InChI=1S/C23H29N3O4S/c1-5-29-18-8-7-17(12-19(18)30-6-2)9-10-24-20(27)13-26-21(28)14-31-23-22(26)15(3)11-16(4)25-23/h7-8,11-12H,5-6,9-10,13-14H2,1-4H3,(H,24,27). The molecule has 1 N–H and O–H groups in total. The van der Waals surface area contributed by atoms with Gasteiger partial charge in [0.1, 0.15) is 11.6 Å². The van der Waals surface area contributed by atoms with E-state index in [0.29, 0.717) is 37.7 Å². The molecule has 1 aliphatic rings. The van der Waals surface area contributed by atoms with Gasteiger partial charge in [0.25, 0.3) is 0 Å². The normalized spacial score (nSPS) is 13.0. The Morgan fingerprint density at radius 1 is 1.16 bits per heavy atom. The van der Waals surface area contributed by atoms with Gasteiger partial charge in [-0.2, -0.15) is 0 Å². The minimum absolute atomic E-state index is 0.00848. The van der Waals surface area contributed by atoms with Crippen molar-refractivity contribution < 1.29 is 19.1 Å². The molecule has 1 aliphatic heterocycles. The minimum Gasteiger partial charge on any atom is -0.490 e. The summed E-state index contributed by atoms with van der Waals surface area (Å²) < 4.78 is 11.2. The summed E-state index contributed by atoms with van der Waals surface area (Å²) in [7, 11) is 0. The highest BCUT2D eigenvalue weighted by molar-refractivity contribution is 8.00. The van der Waals surface area contributed by atoms with Crippen LogP contribution in [0.25, 0.3) is 0 Å². The molecule has 0 radical (unpaired) electrons. The predicted octanol–water partition coefficient (Wildman–Crippen LogP) is 3.29. The molecule has 8 heteroatoms. The van der Waals surface area contributed by atoms with Crippen LogP contribution in [-0.2, 0) is 16.0 Å². The summed E-state index contributed by atoms with van der Waals surface area (Å²) >= 11 is 1.42. The quantitative estimate of drug-likeness (QED) is 0.641. The summed E-state index contributed by atoms with van der Waals surface area (Å²) in [6.45, 7) is 9.32. The number of pyridine rings is 1. The Balaban J connectivity index is 1.60. The van der Waals surface area contributed by atoms with Gasteiger partial charge in [0.15, 0.2) is 11.5 Å². The smallest absolute Gasteiger partial charge is 0.240 e. The third-order valence-corrected chi connectivity index (χ3v) is 5.78. The molecule has 31 heavy (non-hydrogen) atoms. The number of aryl methyl sites for hydroxylation is 2. The van der Waals surface area contributed by atoms with Crippen molar-refractivity contribution in [2.45, 2.75) is 39.1 Å². The van der Waals surface area contributed by atoms with Crippen molar-refractivity contribution in [3.05, 3.63) is 41.1 Å². The average molecular weight is 444 g/mol. The SMILES string of the molecule is CCOc1ccc(CCNC(=O)CN2C(=O)CSc3nc(C)cc(C)c32)cc1OCC. The molecule has 0 saturated heterocycles. The zero-order valence-electron chi connectivity index (χ0n) is 18.5. The van der Waals surface area contributed by atoms with Crippen molar-refractivity contribution >= 4 is 29.3 Å². The third kappa shape index (κ3) is 5.70. The summed E-state index contributed by atoms with van der Waals surface area (Å²) in [5.41, 5.74) is 3.64. The number of thioether (sulfide) groups is 1. The maximum Gasteiger partial charge on any atom is 0.240 e. The van der Waals surface area contributed by atoms with Gasteiger partial charge >= 0.3 is 0 Å². The first-order valence-corrected chi connectivity index (χ1v) is 11.5. The van der Waals surface area contributed by atoms with Gasteiger partial charge in [-0.3, -0.25) is 14.5 Å². The molecule has 0 aliphatic carbocycles. The van der Waals surface area contributed by atoms with E-state index in [1.54, 1.807) is 4.90 Å². The van der Waals surface area contributed by atoms with E-state index in [2.05, 4.69) is 10.3 Å². The topological polar surface area (TPSA) is 80.8 Å². The first-order chi connectivity index (χ1) is 14.9. The Kier molecular flexibility index (Phi) is 7.79. The molecular formula is C23H29N3O4S. The number of nitrogens with zero attached hydrogens (tertiary/aromatic N) is 2. The van der Waals surface area contributed by atoms with Crippen molar-refractivity contribution in [1.29, 1.82) is 0 Å². The average Bonchev–Trinajstić information content (AvgIpc) is 2.72. The van der Waals surface area contributed by atoms with Gasteiger partial charge in [-0.05, 0) is 63.4 Å². The number of amides is 2. The van der Waals surface area contributed by atoms with Crippen LogP contribution in [0, 0.1) is 13.8 Å². The van der Waals surface area contributed by atoms with Crippen LogP contribution in [0.5, 0.6) is 11.5 Å². The number of hydrogen-bond donors (Lipinski definition) is 1. The lowest BCUT2D eigenvalue weighted by atomic mass is 10.1. The number of fused-ring (bicyclic) bond motifs is 1. The second-order valence-corrected chi connectivity index (χ2v) is 8.21. The largest absolute Gasteiger partial charge is 0.490 e. The van der Waals surface area contributed by atoms with E-state index in [9.17, 15) is 9.59 Å². The number of carbonyl (C=O) groups excluding carboxylic acids is 2. The van der Waals surface area contributed by atoms with E-state index >= 15 is 0 Å². The van der Waals surface area contributed by atoms with Crippen LogP contribution in [-0.4, -0.2) is 48.9 Å². The molecule has 2 amide bonds. The number of nitrogens with one attached hydrogen (secondary N) is 1. The number of carbonyl (C=O) groups is 2. The van der Waals surface area contributed by atoms with Gasteiger partial charge in [0.05, 0.1) is 24.7 Å². The number of anilines is 1. The first-order valence-electron chi connectivity index (χ1n) is 10.5. The summed E-state index contributed by atoms with van der Waals surface area (Å²) in [6.07, 6.45) is 0.651. The fourth-order valence-electron chi connectivity index (χ4n) is 3.52. The Bertz CT molecular complexity index is 964. The molecule has 0 atom stereocenters. The molecule has 0 unspecified atom stereocenters. The summed E-state index contributed by atoms with van der Waals surface area (Å²) in [5.74, 6) is 1.45. The predicted molar refractivity (Wildman–Crippen MR) is 122 cm³/mol. The molecule has 2 aromatic rings. The zero-order chi connectivity index (χ0) is 22.4. The Hall–Kier alpha value is -2.74. The lowest BCUT2D eigenvalue weighted by molar-refractivity contribution is -0.122. The van der Waals surface area contributed by atoms with Crippen LogP contribution < -0.4 is 19.7 Å². The molecule has 166 valence electrons. The summed E-state index contributed by atoms with van der Waals surface area (Å²) in [4.78, 5) is 31.1. The molecule has 1 aromatic heterocycles. The van der Waals surface area contributed by atoms with Crippen LogP contribution >= 0.6 is 11.8 Å². The lowest BCUT2D eigenvalue weighted by Crippen LogP contribution is -2.44. The van der Waals surface area contributed by atoms with E-state index in [1.807, 2.05) is 52.0 Å². The van der Waals surface area contributed by atoms with E-state index in [1.165, 1.54) is 11.8 Å². The van der Waals surface area contributed by atoms with Gasteiger partial charge in [-0.25, -0.2) is 4.98 Å². The molecule has 0 saturated carbocycles. The number of hydrogen-bond acceptors (Lipinski definition) is 6. The van der Waals surface area contributed by atoms with Crippen LogP contribution in [0.3, 0.4) is 0 Å². The van der Waals surface area contributed by atoms with Crippen molar-refractivity contribution in [3.63, 3.8) is 0 Å². The molecular weight excluding hydrogens is 414 g/mol. The second-order valence-electron chi connectivity index (χ2n) is 7.25. The molecule has 0 bridgehead atoms. The van der Waals surface area contributed by atoms with Crippen molar-refractivity contribution in [3.8, 4) is 11.5 Å². The first kappa shape index (κ1) is 22.9. The Labute approximate surface area is 187 Å². The number of rotatable bonds is 9. The van der Waals surface area contributed by atoms with E-state index in [0.717, 1.165) is 33.3 Å².